The zero-order chi connectivity index (χ0) is 12.3. The van der Waals surface area contributed by atoms with Crippen LogP contribution in [-0.4, -0.2) is 30.5 Å². The van der Waals surface area contributed by atoms with Crippen LogP contribution in [0.15, 0.2) is 23.2 Å². The van der Waals surface area contributed by atoms with Crippen molar-refractivity contribution in [3.63, 3.8) is 0 Å². The summed E-state index contributed by atoms with van der Waals surface area (Å²) in [5.74, 6) is 0.805. The second-order valence-electron chi connectivity index (χ2n) is 3.63. The summed E-state index contributed by atoms with van der Waals surface area (Å²) in [7, 11) is 1.38. The topological polar surface area (TPSA) is 47.9 Å². The lowest BCUT2D eigenvalue weighted by Gasteiger charge is -2.16. The highest BCUT2D eigenvalue weighted by Gasteiger charge is 2.14. The van der Waals surface area contributed by atoms with Crippen molar-refractivity contribution in [1.82, 2.24) is 0 Å². The zero-order valence-corrected chi connectivity index (χ0v) is 10.5. The van der Waals surface area contributed by atoms with Gasteiger partial charge in [-0.2, -0.15) is 0 Å². The Labute approximate surface area is 104 Å². The van der Waals surface area contributed by atoms with Crippen LogP contribution in [0.25, 0.3) is 0 Å². The van der Waals surface area contributed by atoms with Gasteiger partial charge in [0.25, 0.3) is 0 Å². The molecule has 1 aromatic rings. The first-order valence-electron chi connectivity index (χ1n) is 5.19. The third kappa shape index (κ3) is 3.00. The third-order valence-electron chi connectivity index (χ3n) is 2.30. The standard InChI is InChI=1S/C12H13NO3S/c1-8-3-4-9-10(5-8)16-6-11(13-9)17-7-12(14)15-2/h3-5H,6-7H2,1-2H3. The van der Waals surface area contributed by atoms with Crippen LogP contribution in [0.1, 0.15) is 5.56 Å². The summed E-state index contributed by atoms with van der Waals surface area (Å²) < 4.78 is 10.1. The highest BCUT2D eigenvalue weighted by atomic mass is 32.2. The van der Waals surface area contributed by atoms with Gasteiger partial charge >= 0.3 is 5.97 Å². The summed E-state index contributed by atoms with van der Waals surface area (Å²) in [6.07, 6.45) is 0. The summed E-state index contributed by atoms with van der Waals surface area (Å²) in [6.45, 7) is 2.42. The molecule has 0 aliphatic carbocycles. The molecule has 1 heterocycles. The normalized spacial score (nSPS) is 13.4. The number of hydrogen-bond donors (Lipinski definition) is 0. The Morgan fingerprint density at radius 3 is 3.18 bits per heavy atom. The average molecular weight is 251 g/mol. The van der Waals surface area contributed by atoms with Crippen LogP contribution in [0.5, 0.6) is 5.75 Å². The Hall–Kier alpha value is -1.49. The predicted octanol–water partition coefficient (Wildman–Crippen LogP) is 2.32. The maximum atomic E-state index is 11.0. The van der Waals surface area contributed by atoms with Gasteiger partial charge in [-0.15, -0.1) is 0 Å². The minimum Gasteiger partial charge on any atom is -0.484 e. The maximum absolute atomic E-state index is 11.0. The number of hydrogen-bond acceptors (Lipinski definition) is 5. The summed E-state index contributed by atoms with van der Waals surface area (Å²) in [5.41, 5.74) is 1.96. The zero-order valence-electron chi connectivity index (χ0n) is 9.73. The van der Waals surface area contributed by atoms with Crippen molar-refractivity contribution in [1.29, 1.82) is 0 Å². The summed E-state index contributed by atoms with van der Waals surface area (Å²) in [5, 5.41) is 0.798. The van der Waals surface area contributed by atoms with Gasteiger partial charge in [-0.1, -0.05) is 17.8 Å². The Balaban J connectivity index is 2.07. The summed E-state index contributed by atoms with van der Waals surface area (Å²) in [4.78, 5) is 15.4. The molecule has 0 aromatic heterocycles. The van der Waals surface area contributed by atoms with Gasteiger partial charge in [0.1, 0.15) is 23.1 Å². The molecule has 0 radical (unpaired) electrons. The molecule has 0 amide bonds. The van der Waals surface area contributed by atoms with E-state index in [2.05, 4.69) is 9.73 Å². The van der Waals surface area contributed by atoms with Crippen molar-refractivity contribution in [3.05, 3.63) is 23.8 Å². The molecule has 0 saturated carbocycles. The Bertz CT molecular complexity index is 471. The molecule has 1 aliphatic heterocycles. The summed E-state index contributed by atoms with van der Waals surface area (Å²) >= 11 is 1.35. The van der Waals surface area contributed by atoms with E-state index in [1.54, 1.807) is 0 Å². The minimum atomic E-state index is -0.257. The fourth-order valence-electron chi connectivity index (χ4n) is 1.41. The molecule has 5 heteroatoms. The van der Waals surface area contributed by atoms with E-state index in [1.165, 1.54) is 18.9 Å². The van der Waals surface area contributed by atoms with E-state index in [0.717, 1.165) is 22.0 Å². The number of methoxy groups -OCH3 is 1. The molecule has 0 atom stereocenters. The van der Waals surface area contributed by atoms with Crippen LogP contribution >= 0.6 is 11.8 Å². The lowest BCUT2D eigenvalue weighted by Crippen LogP contribution is -2.15. The molecule has 2 rings (SSSR count). The van der Waals surface area contributed by atoms with Gasteiger partial charge in [-0.05, 0) is 24.6 Å². The van der Waals surface area contributed by atoms with Gasteiger partial charge in [-0.3, -0.25) is 4.79 Å². The first kappa shape index (κ1) is 12.0. The van der Waals surface area contributed by atoms with Crippen molar-refractivity contribution < 1.29 is 14.3 Å². The number of thioether (sulfide) groups is 1. The van der Waals surface area contributed by atoms with Crippen LogP contribution in [0.3, 0.4) is 0 Å². The Morgan fingerprint density at radius 2 is 2.41 bits per heavy atom. The minimum absolute atomic E-state index is 0.257. The molecule has 17 heavy (non-hydrogen) atoms. The second kappa shape index (κ2) is 5.23. The number of carbonyl (C=O) groups excluding carboxylic acids is 1. The van der Waals surface area contributed by atoms with Crippen LogP contribution in [0.2, 0.25) is 0 Å². The second-order valence-corrected chi connectivity index (χ2v) is 4.68. The third-order valence-corrected chi connectivity index (χ3v) is 3.22. The van der Waals surface area contributed by atoms with Gasteiger partial charge in [0.2, 0.25) is 0 Å². The fourth-order valence-corrected chi connectivity index (χ4v) is 2.12. The molecule has 0 saturated heterocycles. The van der Waals surface area contributed by atoms with Crippen LogP contribution in [-0.2, 0) is 9.53 Å². The predicted molar refractivity (Wildman–Crippen MR) is 68.2 cm³/mol. The summed E-state index contributed by atoms with van der Waals surface area (Å²) in [6, 6.07) is 5.86. The number of esters is 1. The largest absolute Gasteiger partial charge is 0.484 e. The van der Waals surface area contributed by atoms with E-state index >= 15 is 0 Å². The van der Waals surface area contributed by atoms with Crippen molar-refractivity contribution in [2.45, 2.75) is 6.92 Å². The van der Waals surface area contributed by atoms with E-state index in [0.29, 0.717) is 6.61 Å². The maximum Gasteiger partial charge on any atom is 0.316 e. The molecule has 90 valence electrons. The monoisotopic (exact) mass is 251 g/mol. The first-order valence-corrected chi connectivity index (χ1v) is 6.18. The number of fused-ring (bicyclic) bond motifs is 1. The van der Waals surface area contributed by atoms with Gasteiger partial charge in [0.05, 0.1) is 12.9 Å². The Morgan fingerprint density at radius 1 is 1.59 bits per heavy atom. The molecule has 1 aromatic carbocycles. The highest BCUT2D eigenvalue weighted by Crippen LogP contribution is 2.32. The first-order chi connectivity index (χ1) is 8.19. The number of ether oxygens (including phenoxy) is 2. The fraction of sp³-hybridized carbons (Fsp3) is 0.333. The lowest BCUT2D eigenvalue weighted by molar-refractivity contribution is -0.137. The molecular formula is C12H13NO3S. The number of aliphatic imine (C=N–C) groups is 1. The average Bonchev–Trinajstić information content (AvgIpc) is 2.35. The number of carbonyl (C=O) groups is 1. The van der Waals surface area contributed by atoms with Crippen LogP contribution in [0.4, 0.5) is 5.69 Å². The van der Waals surface area contributed by atoms with Gasteiger partial charge < -0.3 is 9.47 Å². The molecule has 4 nitrogen and oxygen atoms in total. The van der Waals surface area contributed by atoms with Gasteiger partial charge in [0, 0.05) is 0 Å². The van der Waals surface area contributed by atoms with Crippen LogP contribution in [0, 0.1) is 6.92 Å². The SMILES string of the molecule is COC(=O)CSC1=Nc2ccc(C)cc2OC1. The van der Waals surface area contributed by atoms with Crippen molar-refractivity contribution >= 4 is 28.5 Å². The number of benzene rings is 1. The molecule has 0 N–H and O–H groups in total. The van der Waals surface area contributed by atoms with Gasteiger partial charge in [-0.25, -0.2) is 4.99 Å². The van der Waals surface area contributed by atoms with Crippen molar-refractivity contribution in [3.8, 4) is 5.75 Å². The smallest absolute Gasteiger partial charge is 0.316 e. The van der Waals surface area contributed by atoms with E-state index in [4.69, 9.17) is 4.74 Å². The van der Waals surface area contributed by atoms with Gasteiger partial charge in [0.15, 0.2) is 0 Å². The molecular weight excluding hydrogens is 238 g/mol. The van der Waals surface area contributed by atoms with E-state index in [-0.39, 0.29) is 11.7 Å². The number of aryl methyl sites for hydroxylation is 1. The number of nitrogens with zero attached hydrogens (tertiary/aromatic N) is 1. The number of rotatable bonds is 2. The highest BCUT2D eigenvalue weighted by molar-refractivity contribution is 8.14. The van der Waals surface area contributed by atoms with E-state index in [1.807, 2.05) is 25.1 Å². The van der Waals surface area contributed by atoms with Crippen molar-refractivity contribution in [2.24, 2.45) is 4.99 Å². The molecule has 0 bridgehead atoms. The molecule has 1 aliphatic rings. The van der Waals surface area contributed by atoms with Crippen molar-refractivity contribution in [2.75, 3.05) is 19.5 Å². The van der Waals surface area contributed by atoms with Crippen LogP contribution < -0.4 is 4.74 Å². The molecule has 0 fully saturated rings. The molecule has 0 spiro atoms. The quantitative estimate of drug-likeness (QED) is 0.757. The molecule has 0 unspecified atom stereocenters. The Kier molecular flexibility index (Phi) is 3.68. The lowest BCUT2D eigenvalue weighted by atomic mass is 10.2. The van der Waals surface area contributed by atoms with E-state index in [9.17, 15) is 4.79 Å². The van der Waals surface area contributed by atoms with E-state index < -0.39 is 0 Å².